The van der Waals surface area contributed by atoms with E-state index in [9.17, 15) is 0 Å². The van der Waals surface area contributed by atoms with Crippen molar-refractivity contribution in [3.05, 3.63) is 24.3 Å². The van der Waals surface area contributed by atoms with Crippen LogP contribution in [-0.4, -0.2) is 20.4 Å². The first-order chi connectivity index (χ1) is 5.24. The van der Waals surface area contributed by atoms with Gasteiger partial charge in [0.25, 0.3) is 0 Å². The van der Waals surface area contributed by atoms with E-state index in [0.29, 0.717) is 0 Å². The first kappa shape index (κ1) is 8.47. The zero-order valence-corrected chi connectivity index (χ0v) is 7.90. The molecule has 59 valence electrons. The van der Waals surface area contributed by atoms with Gasteiger partial charge in [-0.25, -0.2) is 0 Å². The normalized spacial score (nSPS) is 9.73. The van der Waals surface area contributed by atoms with Crippen LogP contribution in [-0.2, 0) is 0 Å². The van der Waals surface area contributed by atoms with Gasteiger partial charge in [0.15, 0.2) is 0 Å². The van der Waals surface area contributed by atoms with E-state index in [1.807, 2.05) is 20.2 Å². The summed E-state index contributed by atoms with van der Waals surface area (Å²) in [6.45, 7) is 0. The summed E-state index contributed by atoms with van der Waals surface area (Å²) in [4.78, 5) is 3.28. The Morgan fingerprint density at radius 1 is 1.45 bits per heavy atom. The van der Waals surface area contributed by atoms with Crippen LogP contribution in [0.1, 0.15) is 0 Å². The van der Waals surface area contributed by atoms with Gasteiger partial charge < -0.3 is 4.90 Å². The van der Waals surface area contributed by atoms with Gasteiger partial charge in [-0.15, -0.1) is 11.8 Å². The Labute approximate surface area is 72.4 Å². The summed E-state index contributed by atoms with van der Waals surface area (Å²) in [6, 6.07) is 9.29. The fourth-order valence-electron chi connectivity index (χ4n) is 0.829. The van der Waals surface area contributed by atoms with Gasteiger partial charge in [0.1, 0.15) is 0 Å². The zero-order valence-electron chi connectivity index (χ0n) is 7.09. The highest BCUT2D eigenvalue weighted by Crippen LogP contribution is 2.19. The maximum absolute atomic E-state index is 3.15. The van der Waals surface area contributed by atoms with E-state index in [0.717, 1.165) is 0 Å². The second-order valence-corrected chi connectivity index (χ2v) is 3.36. The molecule has 0 N–H and O–H groups in total. The van der Waals surface area contributed by atoms with Crippen LogP contribution >= 0.6 is 11.8 Å². The Hall–Kier alpha value is -0.630. The quantitative estimate of drug-likeness (QED) is 0.620. The molecule has 0 saturated heterocycles. The molecule has 0 spiro atoms. The molecule has 0 heterocycles. The van der Waals surface area contributed by atoms with Crippen LogP contribution in [0.3, 0.4) is 0 Å². The summed E-state index contributed by atoms with van der Waals surface area (Å²) in [5.41, 5.74) is 1.23. The maximum atomic E-state index is 3.15. The van der Waals surface area contributed by atoms with Crippen LogP contribution in [0.25, 0.3) is 0 Å². The van der Waals surface area contributed by atoms with Crippen LogP contribution in [0.5, 0.6) is 0 Å². The van der Waals surface area contributed by atoms with Crippen molar-refractivity contribution in [2.75, 3.05) is 25.3 Å². The van der Waals surface area contributed by atoms with Crippen molar-refractivity contribution in [1.29, 1.82) is 0 Å². The molecule has 0 fully saturated rings. The molecule has 1 rings (SSSR count). The summed E-state index contributed by atoms with van der Waals surface area (Å²) in [7, 11) is 4.08. The van der Waals surface area contributed by atoms with E-state index in [2.05, 4.69) is 29.4 Å². The van der Waals surface area contributed by atoms with Crippen molar-refractivity contribution in [1.82, 2.24) is 0 Å². The number of hydrogen-bond acceptors (Lipinski definition) is 2. The molecule has 11 heavy (non-hydrogen) atoms. The van der Waals surface area contributed by atoms with Crippen LogP contribution < -0.4 is 4.90 Å². The van der Waals surface area contributed by atoms with Crippen molar-refractivity contribution in [3.8, 4) is 0 Å². The summed E-state index contributed by atoms with van der Waals surface area (Å²) in [6.07, 6.45) is 2.06. The van der Waals surface area contributed by atoms with Crippen molar-refractivity contribution in [3.63, 3.8) is 0 Å². The van der Waals surface area contributed by atoms with E-state index in [-0.39, 0.29) is 0 Å². The number of hydrogen-bond donors (Lipinski definition) is 0. The van der Waals surface area contributed by atoms with E-state index < -0.39 is 0 Å². The highest BCUT2D eigenvalue weighted by atomic mass is 32.2. The Balaban J connectivity index is 2.91. The molecule has 0 aliphatic heterocycles. The Bertz CT molecular complexity index is 233. The second-order valence-electron chi connectivity index (χ2n) is 2.51. The van der Waals surface area contributed by atoms with Crippen molar-refractivity contribution in [2.45, 2.75) is 4.90 Å². The number of nitrogens with zero attached hydrogens (tertiary/aromatic N) is 1. The summed E-state index contributed by atoms with van der Waals surface area (Å²) in [5.74, 6) is 0. The summed E-state index contributed by atoms with van der Waals surface area (Å²) in [5, 5.41) is 0. The zero-order chi connectivity index (χ0) is 8.27. The first-order valence-electron chi connectivity index (χ1n) is 3.47. The summed E-state index contributed by atoms with van der Waals surface area (Å²) < 4.78 is 0. The maximum Gasteiger partial charge on any atom is 0.0372 e. The number of thioether (sulfide) groups is 1. The molecular weight excluding hydrogens is 154 g/mol. The molecule has 1 aromatic carbocycles. The minimum atomic E-state index is 1.19. The second kappa shape index (κ2) is 3.67. The van der Waals surface area contributed by atoms with Gasteiger partial charge in [-0.2, -0.15) is 0 Å². The molecule has 0 amide bonds. The van der Waals surface area contributed by atoms with Gasteiger partial charge in [-0.05, 0) is 24.5 Å². The van der Waals surface area contributed by atoms with Crippen molar-refractivity contribution in [2.24, 2.45) is 0 Å². The van der Waals surface area contributed by atoms with Gasteiger partial charge in [-0.3, -0.25) is 0 Å². The average Bonchev–Trinajstić information content (AvgIpc) is 2.05. The van der Waals surface area contributed by atoms with E-state index >= 15 is 0 Å². The fraction of sp³-hybridized carbons (Fsp3) is 0.333. The number of anilines is 1. The topological polar surface area (TPSA) is 3.24 Å². The molecule has 1 aromatic rings. The lowest BCUT2D eigenvalue weighted by molar-refractivity contribution is 1.12. The third-order valence-electron chi connectivity index (χ3n) is 1.49. The molecule has 0 aromatic heterocycles. The number of rotatable bonds is 2. The monoisotopic (exact) mass is 166 g/mol. The first-order valence-corrected chi connectivity index (χ1v) is 4.69. The molecule has 0 saturated carbocycles. The van der Waals surface area contributed by atoms with Gasteiger partial charge in [-0.1, -0.05) is 6.07 Å². The van der Waals surface area contributed by atoms with Gasteiger partial charge in [0, 0.05) is 24.7 Å². The standard InChI is InChI=1S/C9H12NS/c1-10(2)8-5-4-6-9(7-8)11-3/h4-5,7H,1-3H3. The minimum absolute atomic E-state index is 1.19. The smallest absolute Gasteiger partial charge is 0.0372 e. The third kappa shape index (κ3) is 2.15. The van der Waals surface area contributed by atoms with Crippen LogP contribution in [0.15, 0.2) is 23.1 Å². The fourth-order valence-corrected chi connectivity index (χ4v) is 1.25. The Morgan fingerprint density at radius 3 is 2.73 bits per heavy atom. The van der Waals surface area contributed by atoms with Crippen molar-refractivity contribution >= 4 is 17.4 Å². The van der Waals surface area contributed by atoms with E-state index in [1.165, 1.54) is 10.6 Å². The third-order valence-corrected chi connectivity index (χ3v) is 2.17. The number of benzene rings is 1. The molecule has 2 heteroatoms. The SMILES string of the molecule is CSc1[c]ccc(N(C)C)c1. The molecule has 1 radical (unpaired) electrons. The molecule has 0 bridgehead atoms. The lowest BCUT2D eigenvalue weighted by Gasteiger charge is -2.12. The van der Waals surface area contributed by atoms with Crippen LogP contribution in [0.2, 0.25) is 0 Å². The van der Waals surface area contributed by atoms with Gasteiger partial charge in [0.2, 0.25) is 0 Å². The highest BCUT2D eigenvalue weighted by Gasteiger charge is 1.95. The average molecular weight is 166 g/mol. The predicted molar refractivity (Wildman–Crippen MR) is 51.4 cm³/mol. The lowest BCUT2D eigenvalue weighted by atomic mass is 10.3. The van der Waals surface area contributed by atoms with Crippen molar-refractivity contribution < 1.29 is 0 Å². The van der Waals surface area contributed by atoms with Gasteiger partial charge >= 0.3 is 0 Å². The molecule has 0 aliphatic carbocycles. The summed E-state index contributed by atoms with van der Waals surface area (Å²) >= 11 is 1.72. The van der Waals surface area contributed by atoms with E-state index in [4.69, 9.17) is 0 Å². The minimum Gasteiger partial charge on any atom is -0.378 e. The molecule has 1 nitrogen and oxygen atoms in total. The van der Waals surface area contributed by atoms with Crippen LogP contribution in [0.4, 0.5) is 5.69 Å². The van der Waals surface area contributed by atoms with Gasteiger partial charge in [0.05, 0.1) is 0 Å². The predicted octanol–water partition coefficient (Wildman–Crippen LogP) is 2.27. The van der Waals surface area contributed by atoms with Crippen LogP contribution in [0, 0.1) is 6.07 Å². The lowest BCUT2D eigenvalue weighted by Crippen LogP contribution is -2.08. The molecule has 0 unspecified atom stereocenters. The highest BCUT2D eigenvalue weighted by molar-refractivity contribution is 7.98. The molecular formula is C9H12NS. The largest absolute Gasteiger partial charge is 0.378 e. The Morgan fingerprint density at radius 2 is 2.18 bits per heavy atom. The molecule has 0 aliphatic rings. The van der Waals surface area contributed by atoms with E-state index in [1.54, 1.807) is 11.8 Å². The Kier molecular flexibility index (Phi) is 2.83. The molecule has 0 atom stereocenters.